The third kappa shape index (κ3) is 4.01. The molecule has 0 amide bonds. The van der Waals surface area contributed by atoms with Crippen LogP contribution < -0.4 is 4.74 Å². The molecule has 2 rings (SSSR count). The van der Waals surface area contributed by atoms with Gasteiger partial charge in [-0.05, 0) is 44.1 Å². The molecule has 1 aliphatic rings. The highest BCUT2D eigenvalue weighted by Crippen LogP contribution is 2.21. The van der Waals surface area contributed by atoms with Crippen LogP contribution in [0.15, 0.2) is 22.7 Å². The van der Waals surface area contributed by atoms with E-state index in [1.807, 2.05) is 6.07 Å². The Kier molecular flexibility index (Phi) is 5.03. The van der Waals surface area contributed by atoms with Crippen molar-refractivity contribution >= 4 is 15.9 Å². The minimum atomic E-state index is 0.623. The fraction of sp³-hybridized carbons (Fsp3) is 0.500. The predicted octanol–water partition coefficient (Wildman–Crippen LogP) is 3.19. The zero-order valence-corrected chi connectivity index (χ0v) is 11.9. The summed E-state index contributed by atoms with van der Waals surface area (Å²) in [5, 5.41) is 8.88. The van der Waals surface area contributed by atoms with E-state index in [4.69, 9.17) is 10.00 Å². The molecule has 96 valence electrons. The summed E-state index contributed by atoms with van der Waals surface area (Å²) in [6, 6.07) is 7.60. The topological polar surface area (TPSA) is 36.3 Å². The van der Waals surface area contributed by atoms with Gasteiger partial charge in [0.05, 0.1) is 11.6 Å². The van der Waals surface area contributed by atoms with Crippen molar-refractivity contribution in [3.8, 4) is 11.8 Å². The molecule has 0 saturated carbocycles. The van der Waals surface area contributed by atoms with Crippen LogP contribution in [-0.2, 0) is 0 Å². The second-order valence-corrected chi connectivity index (χ2v) is 5.45. The quantitative estimate of drug-likeness (QED) is 0.857. The second-order valence-electron chi connectivity index (χ2n) is 4.54. The normalized spacial score (nSPS) is 16.2. The number of hydrogen-bond donors (Lipinski definition) is 0. The Hall–Kier alpha value is -1.05. The maximum Gasteiger partial charge on any atom is 0.121 e. The molecule has 18 heavy (non-hydrogen) atoms. The van der Waals surface area contributed by atoms with Gasteiger partial charge in [0.25, 0.3) is 0 Å². The number of rotatable bonds is 4. The summed E-state index contributed by atoms with van der Waals surface area (Å²) >= 11 is 3.38. The molecule has 0 spiro atoms. The summed E-state index contributed by atoms with van der Waals surface area (Å²) in [7, 11) is 0. The highest BCUT2D eigenvalue weighted by atomic mass is 79.9. The van der Waals surface area contributed by atoms with E-state index < -0.39 is 0 Å². The molecule has 0 unspecified atom stereocenters. The van der Waals surface area contributed by atoms with Crippen LogP contribution in [0.5, 0.6) is 5.75 Å². The number of hydrogen-bond acceptors (Lipinski definition) is 3. The SMILES string of the molecule is N#Cc1cc(Br)cc(OCCN2CCCCC2)c1. The molecule has 1 heterocycles. The first-order valence-corrected chi connectivity index (χ1v) is 7.13. The molecule has 1 aliphatic heterocycles. The number of likely N-dealkylation sites (tertiary alicyclic amines) is 1. The summed E-state index contributed by atoms with van der Waals surface area (Å²) in [4.78, 5) is 2.44. The van der Waals surface area contributed by atoms with Crippen molar-refractivity contribution in [2.45, 2.75) is 19.3 Å². The van der Waals surface area contributed by atoms with Crippen molar-refractivity contribution in [2.24, 2.45) is 0 Å². The number of halogens is 1. The average molecular weight is 309 g/mol. The van der Waals surface area contributed by atoms with E-state index in [1.165, 1.54) is 32.4 Å². The third-order valence-electron chi connectivity index (χ3n) is 3.13. The molecule has 1 aromatic carbocycles. The second kappa shape index (κ2) is 6.77. The first-order chi connectivity index (χ1) is 8.78. The fourth-order valence-electron chi connectivity index (χ4n) is 2.19. The lowest BCUT2D eigenvalue weighted by Crippen LogP contribution is -2.33. The molecule has 3 nitrogen and oxygen atoms in total. The molecular formula is C14H17BrN2O. The van der Waals surface area contributed by atoms with Crippen molar-refractivity contribution in [3.63, 3.8) is 0 Å². The van der Waals surface area contributed by atoms with Crippen molar-refractivity contribution in [3.05, 3.63) is 28.2 Å². The first kappa shape index (κ1) is 13.4. The maximum atomic E-state index is 8.88. The van der Waals surface area contributed by atoms with Gasteiger partial charge in [-0.1, -0.05) is 22.4 Å². The zero-order chi connectivity index (χ0) is 12.8. The van der Waals surface area contributed by atoms with Crippen LogP contribution in [0.4, 0.5) is 0 Å². The van der Waals surface area contributed by atoms with E-state index in [9.17, 15) is 0 Å². The van der Waals surface area contributed by atoms with Crippen LogP contribution in [-0.4, -0.2) is 31.1 Å². The van der Waals surface area contributed by atoms with Crippen LogP contribution in [0.25, 0.3) is 0 Å². The number of benzene rings is 1. The van der Waals surface area contributed by atoms with E-state index in [1.54, 1.807) is 12.1 Å². The van der Waals surface area contributed by atoms with E-state index in [2.05, 4.69) is 26.9 Å². The van der Waals surface area contributed by atoms with Gasteiger partial charge in [-0.15, -0.1) is 0 Å². The van der Waals surface area contributed by atoms with Gasteiger partial charge in [-0.3, -0.25) is 4.90 Å². The van der Waals surface area contributed by atoms with Crippen LogP contribution in [0.1, 0.15) is 24.8 Å². The summed E-state index contributed by atoms with van der Waals surface area (Å²) < 4.78 is 6.59. The lowest BCUT2D eigenvalue weighted by molar-refractivity contribution is 0.183. The van der Waals surface area contributed by atoms with E-state index >= 15 is 0 Å². The molecule has 0 aromatic heterocycles. The van der Waals surface area contributed by atoms with Gasteiger partial charge in [0.2, 0.25) is 0 Å². The minimum absolute atomic E-state index is 0.623. The summed E-state index contributed by atoms with van der Waals surface area (Å²) in [6.07, 6.45) is 3.96. The Morgan fingerprint density at radius 3 is 2.72 bits per heavy atom. The lowest BCUT2D eigenvalue weighted by Gasteiger charge is -2.26. The molecule has 4 heteroatoms. The van der Waals surface area contributed by atoms with Gasteiger partial charge in [0.1, 0.15) is 12.4 Å². The summed E-state index contributed by atoms with van der Waals surface area (Å²) in [5.41, 5.74) is 0.623. The van der Waals surface area contributed by atoms with Crippen molar-refractivity contribution in [1.82, 2.24) is 4.90 Å². The van der Waals surface area contributed by atoms with E-state index in [-0.39, 0.29) is 0 Å². The standard InChI is InChI=1S/C14H17BrN2O/c15-13-8-12(11-16)9-14(10-13)18-7-6-17-4-2-1-3-5-17/h8-10H,1-7H2. The van der Waals surface area contributed by atoms with Crippen LogP contribution >= 0.6 is 15.9 Å². The zero-order valence-electron chi connectivity index (χ0n) is 10.4. The van der Waals surface area contributed by atoms with Gasteiger partial charge >= 0.3 is 0 Å². The Morgan fingerprint density at radius 1 is 1.22 bits per heavy atom. The number of nitriles is 1. The molecule has 0 N–H and O–H groups in total. The predicted molar refractivity (Wildman–Crippen MR) is 74.6 cm³/mol. The van der Waals surface area contributed by atoms with Gasteiger partial charge in [0, 0.05) is 11.0 Å². The van der Waals surface area contributed by atoms with Crippen LogP contribution in [0.2, 0.25) is 0 Å². The van der Waals surface area contributed by atoms with Gasteiger partial charge in [-0.25, -0.2) is 0 Å². The lowest BCUT2D eigenvalue weighted by atomic mass is 10.1. The minimum Gasteiger partial charge on any atom is -0.492 e. The Morgan fingerprint density at radius 2 is 2.00 bits per heavy atom. The monoisotopic (exact) mass is 308 g/mol. The number of ether oxygens (including phenoxy) is 1. The number of piperidine rings is 1. The highest BCUT2D eigenvalue weighted by Gasteiger charge is 2.09. The molecule has 1 fully saturated rings. The maximum absolute atomic E-state index is 8.88. The Labute approximate surface area is 116 Å². The molecule has 1 saturated heterocycles. The van der Waals surface area contributed by atoms with Crippen LogP contribution in [0.3, 0.4) is 0 Å². The van der Waals surface area contributed by atoms with E-state index in [0.29, 0.717) is 12.2 Å². The third-order valence-corrected chi connectivity index (χ3v) is 3.58. The van der Waals surface area contributed by atoms with Gasteiger partial charge in [0.15, 0.2) is 0 Å². The molecule has 0 aliphatic carbocycles. The Bertz CT molecular complexity index is 436. The van der Waals surface area contributed by atoms with Crippen molar-refractivity contribution < 1.29 is 4.74 Å². The van der Waals surface area contributed by atoms with Crippen LogP contribution in [0, 0.1) is 11.3 Å². The van der Waals surface area contributed by atoms with Crippen molar-refractivity contribution in [1.29, 1.82) is 5.26 Å². The highest BCUT2D eigenvalue weighted by molar-refractivity contribution is 9.10. The van der Waals surface area contributed by atoms with Gasteiger partial charge < -0.3 is 4.74 Å². The molecule has 0 radical (unpaired) electrons. The number of nitrogens with zero attached hydrogens (tertiary/aromatic N) is 2. The molecule has 1 aromatic rings. The smallest absolute Gasteiger partial charge is 0.121 e. The van der Waals surface area contributed by atoms with Crippen molar-refractivity contribution in [2.75, 3.05) is 26.2 Å². The Balaban J connectivity index is 1.82. The van der Waals surface area contributed by atoms with E-state index in [0.717, 1.165) is 16.8 Å². The average Bonchev–Trinajstić information content (AvgIpc) is 2.39. The molecule has 0 bridgehead atoms. The summed E-state index contributed by atoms with van der Waals surface area (Å²) in [6.45, 7) is 4.02. The largest absolute Gasteiger partial charge is 0.492 e. The first-order valence-electron chi connectivity index (χ1n) is 6.34. The summed E-state index contributed by atoms with van der Waals surface area (Å²) in [5.74, 6) is 0.762. The molecule has 0 atom stereocenters. The van der Waals surface area contributed by atoms with Gasteiger partial charge in [-0.2, -0.15) is 5.26 Å². The fourth-order valence-corrected chi connectivity index (χ4v) is 2.66. The molecular weight excluding hydrogens is 292 g/mol.